The number of halogens is 2. The molecule has 0 fully saturated rings. The second-order valence-electron chi connectivity index (χ2n) is 2.89. The van der Waals surface area contributed by atoms with Gasteiger partial charge in [0.2, 0.25) is 0 Å². The molecule has 1 aromatic heterocycles. The van der Waals surface area contributed by atoms with Crippen molar-refractivity contribution >= 4 is 44.8 Å². The SMILES string of the molecule is CCOC(=O)C[C@@H](N)c1cc(Br)c(Cl)s1. The van der Waals surface area contributed by atoms with Gasteiger partial charge in [0.15, 0.2) is 0 Å². The molecule has 1 heterocycles. The summed E-state index contributed by atoms with van der Waals surface area (Å²) >= 11 is 10.5. The van der Waals surface area contributed by atoms with E-state index in [0.717, 1.165) is 9.35 Å². The zero-order valence-electron chi connectivity index (χ0n) is 8.13. The predicted octanol–water partition coefficient (Wildman–Crippen LogP) is 3.12. The Balaban J connectivity index is 2.60. The van der Waals surface area contributed by atoms with Crippen molar-refractivity contribution in [1.82, 2.24) is 0 Å². The minimum absolute atomic E-state index is 0.178. The molecule has 1 rings (SSSR count). The summed E-state index contributed by atoms with van der Waals surface area (Å²) in [7, 11) is 0. The van der Waals surface area contributed by atoms with Gasteiger partial charge in [-0.2, -0.15) is 0 Å². The number of ether oxygens (including phenoxy) is 1. The minimum Gasteiger partial charge on any atom is -0.466 e. The first-order chi connectivity index (χ1) is 7.04. The van der Waals surface area contributed by atoms with Gasteiger partial charge >= 0.3 is 5.97 Å². The monoisotopic (exact) mass is 311 g/mol. The van der Waals surface area contributed by atoms with E-state index in [0.29, 0.717) is 10.9 Å². The zero-order chi connectivity index (χ0) is 11.4. The number of rotatable bonds is 4. The molecule has 0 aliphatic heterocycles. The van der Waals surface area contributed by atoms with Crippen LogP contribution in [0.25, 0.3) is 0 Å². The normalized spacial score (nSPS) is 12.5. The second-order valence-corrected chi connectivity index (χ2v) is 5.43. The summed E-state index contributed by atoms with van der Waals surface area (Å²) in [6.45, 7) is 2.14. The van der Waals surface area contributed by atoms with Crippen LogP contribution in [0.15, 0.2) is 10.5 Å². The molecule has 0 radical (unpaired) electrons. The van der Waals surface area contributed by atoms with E-state index in [1.807, 2.05) is 6.07 Å². The van der Waals surface area contributed by atoms with E-state index >= 15 is 0 Å². The highest BCUT2D eigenvalue weighted by Crippen LogP contribution is 2.35. The van der Waals surface area contributed by atoms with Crippen molar-refractivity contribution in [2.24, 2.45) is 5.73 Å². The molecule has 0 amide bonds. The zero-order valence-corrected chi connectivity index (χ0v) is 11.3. The number of hydrogen-bond acceptors (Lipinski definition) is 4. The van der Waals surface area contributed by atoms with Crippen LogP contribution in [0.1, 0.15) is 24.3 Å². The van der Waals surface area contributed by atoms with Crippen LogP contribution in [0.3, 0.4) is 0 Å². The molecule has 0 saturated heterocycles. The number of thiophene rings is 1. The molecule has 1 aromatic rings. The maximum absolute atomic E-state index is 11.2. The van der Waals surface area contributed by atoms with Crippen molar-refractivity contribution in [1.29, 1.82) is 0 Å². The van der Waals surface area contributed by atoms with E-state index in [9.17, 15) is 4.79 Å². The average molecular weight is 313 g/mol. The largest absolute Gasteiger partial charge is 0.466 e. The number of esters is 1. The van der Waals surface area contributed by atoms with Gasteiger partial charge in [-0.1, -0.05) is 11.6 Å². The lowest BCUT2D eigenvalue weighted by Gasteiger charge is -2.07. The van der Waals surface area contributed by atoms with Gasteiger partial charge in [0, 0.05) is 15.4 Å². The molecule has 0 spiro atoms. The van der Waals surface area contributed by atoms with E-state index in [4.69, 9.17) is 22.1 Å². The van der Waals surface area contributed by atoms with Crippen molar-refractivity contribution in [3.8, 4) is 0 Å². The highest BCUT2D eigenvalue weighted by Gasteiger charge is 2.16. The Bertz CT molecular complexity index is 336. The Morgan fingerprint density at radius 2 is 2.47 bits per heavy atom. The van der Waals surface area contributed by atoms with Gasteiger partial charge < -0.3 is 10.5 Å². The molecule has 0 aliphatic rings. The Morgan fingerprint density at radius 1 is 1.80 bits per heavy atom. The third-order valence-corrected chi connectivity index (χ3v) is 4.33. The lowest BCUT2D eigenvalue weighted by atomic mass is 10.2. The molecule has 0 saturated carbocycles. The number of carbonyl (C=O) groups is 1. The lowest BCUT2D eigenvalue weighted by molar-refractivity contribution is -0.143. The molecular weight excluding hydrogens is 302 g/mol. The molecule has 3 nitrogen and oxygen atoms in total. The summed E-state index contributed by atoms with van der Waals surface area (Å²) in [5, 5.41) is 0. The number of hydrogen-bond donors (Lipinski definition) is 1. The molecule has 6 heteroatoms. The summed E-state index contributed by atoms with van der Waals surface area (Å²) in [6.07, 6.45) is 0.178. The summed E-state index contributed by atoms with van der Waals surface area (Å²) < 4.78 is 6.26. The molecule has 84 valence electrons. The molecule has 0 aromatic carbocycles. The number of nitrogens with two attached hydrogens (primary N) is 1. The van der Waals surface area contributed by atoms with E-state index in [1.165, 1.54) is 11.3 Å². The maximum Gasteiger partial charge on any atom is 0.307 e. The molecular formula is C9H11BrClNO2S. The molecule has 0 aliphatic carbocycles. The van der Waals surface area contributed by atoms with E-state index in [2.05, 4.69) is 15.9 Å². The van der Waals surface area contributed by atoms with Gasteiger partial charge in [-0.15, -0.1) is 11.3 Å². The van der Waals surface area contributed by atoms with Crippen LogP contribution in [0.2, 0.25) is 4.34 Å². The third kappa shape index (κ3) is 3.75. The summed E-state index contributed by atoms with van der Waals surface area (Å²) in [6, 6.07) is 1.48. The Labute approximate surface area is 106 Å². The summed E-state index contributed by atoms with van der Waals surface area (Å²) in [5.74, 6) is -0.286. The number of carbonyl (C=O) groups excluding carboxylic acids is 1. The minimum atomic E-state index is -0.349. The molecule has 2 N–H and O–H groups in total. The first kappa shape index (κ1) is 13.0. The van der Waals surface area contributed by atoms with Gasteiger partial charge in [-0.3, -0.25) is 4.79 Å². The Kier molecular flexibility index (Phi) is 5.05. The maximum atomic E-state index is 11.2. The van der Waals surface area contributed by atoms with Crippen molar-refractivity contribution in [2.45, 2.75) is 19.4 Å². The van der Waals surface area contributed by atoms with Crippen LogP contribution in [0.5, 0.6) is 0 Å². The quantitative estimate of drug-likeness (QED) is 0.869. The molecule has 15 heavy (non-hydrogen) atoms. The highest BCUT2D eigenvalue weighted by molar-refractivity contribution is 9.10. The fourth-order valence-electron chi connectivity index (χ4n) is 1.05. The molecule has 0 bridgehead atoms. The van der Waals surface area contributed by atoms with Crippen molar-refractivity contribution < 1.29 is 9.53 Å². The van der Waals surface area contributed by atoms with Crippen LogP contribution in [-0.4, -0.2) is 12.6 Å². The second kappa shape index (κ2) is 5.84. The third-order valence-electron chi connectivity index (χ3n) is 1.72. The summed E-state index contributed by atoms with van der Waals surface area (Å²) in [5.41, 5.74) is 5.84. The van der Waals surface area contributed by atoms with Gasteiger partial charge in [0.1, 0.15) is 4.34 Å². The van der Waals surface area contributed by atoms with Gasteiger partial charge in [0.25, 0.3) is 0 Å². The fraction of sp³-hybridized carbons (Fsp3) is 0.444. The molecule has 1 atom stereocenters. The Morgan fingerprint density at radius 3 is 2.93 bits per heavy atom. The first-order valence-electron chi connectivity index (χ1n) is 4.40. The topological polar surface area (TPSA) is 52.3 Å². The van der Waals surface area contributed by atoms with Crippen LogP contribution >= 0.6 is 38.9 Å². The fourth-order valence-corrected chi connectivity index (χ4v) is 2.78. The van der Waals surface area contributed by atoms with Gasteiger partial charge in [0.05, 0.1) is 13.0 Å². The van der Waals surface area contributed by atoms with E-state index in [-0.39, 0.29) is 18.4 Å². The predicted molar refractivity (Wildman–Crippen MR) is 65.2 cm³/mol. The van der Waals surface area contributed by atoms with Gasteiger partial charge in [-0.25, -0.2) is 0 Å². The average Bonchev–Trinajstić information content (AvgIpc) is 2.47. The molecule has 0 unspecified atom stereocenters. The van der Waals surface area contributed by atoms with Crippen LogP contribution in [0.4, 0.5) is 0 Å². The van der Waals surface area contributed by atoms with E-state index < -0.39 is 0 Å². The van der Waals surface area contributed by atoms with Crippen LogP contribution < -0.4 is 5.73 Å². The first-order valence-corrected chi connectivity index (χ1v) is 6.39. The highest BCUT2D eigenvalue weighted by atomic mass is 79.9. The van der Waals surface area contributed by atoms with Gasteiger partial charge in [-0.05, 0) is 28.9 Å². The van der Waals surface area contributed by atoms with Crippen LogP contribution in [-0.2, 0) is 9.53 Å². The standard InChI is InChI=1S/C9H11BrClNO2S/c1-2-14-8(13)4-6(12)7-3-5(10)9(11)15-7/h3,6H,2,4,12H2,1H3/t6-/m1/s1. The smallest absolute Gasteiger partial charge is 0.307 e. The van der Waals surface area contributed by atoms with Crippen molar-refractivity contribution in [3.05, 3.63) is 19.8 Å². The summed E-state index contributed by atoms with van der Waals surface area (Å²) in [4.78, 5) is 12.1. The van der Waals surface area contributed by atoms with Crippen molar-refractivity contribution in [3.63, 3.8) is 0 Å². The van der Waals surface area contributed by atoms with E-state index in [1.54, 1.807) is 6.92 Å². The Hall–Kier alpha value is -0.100. The van der Waals surface area contributed by atoms with Crippen molar-refractivity contribution in [2.75, 3.05) is 6.61 Å². The van der Waals surface area contributed by atoms with Crippen LogP contribution in [0, 0.1) is 0 Å². The lowest BCUT2D eigenvalue weighted by Crippen LogP contribution is -2.16.